The first kappa shape index (κ1) is 13.3. The number of nitrogens with zero attached hydrogens (tertiary/aromatic N) is 2. The summed E-state index contributed by atoms with van der Waals surface area (Å²) in [6.07, 6.45) is -2.27. The van der Waals surface area contributed by atoms with Gasteiger partial charge in [-0.1, -0.05) is 0 Å². The molecule has 0 saturated carbocycles. The predicted molar refractivity (Wildman–Crippen MR) is 55.6 cm³/mol. The van der Waals surface area contributed by atoms with Crippen molar-refractivity contribution in [2.75, 3.05) is 6.54 Å². The molecule has 0 atom stereocenters. The van der Waals surface area contributed by atoms with E-state index < -0.39 is 29.2 Å². The highest BCUT2D eigenvalue weighted by Gasteiger charge is 2.36. The first-order chi connectivity index (χ1) is 8.89. The van der Waals surface area contributed by atoms with E-state index in [1.807, 2.05) is 0 Å². The molecular weight excluding hydrogens is 265 g/mol. The molecule has 1 aromatic rings. The summed E-state index contributed by atoms with van der Waals surface area (Å²) in [5.74, 6) is -1.67. The third-order valence-electron chi connectivity index (χ3n) is 2.57. The van der Waals surface area contributed by atoms with Gasteiger partial charge in [0.15, 0.2) is 0 Å². The maximum atomic E-state index is 12.7. The Morgan fingerprint density at radius 3 is 2.74 bits per heavy atom. The van der Waals surface area contributed by atoms with Crippen molar-refractivity contribution in [1.82, 2.24) is 10.0 Å². The molecule has 1 saturated heterocycles. The fourth-order valence-electron chi connectivity index (χ4n) is 1.67. The van der Waals surface area contributed by atoms with Crippen LogP contribution >= 0.6 is 0 Å². The van der Waals surface area contributed by atoms with Crippen LogP contribution in [0.3, 0.4) is 0 Å². The van der Waals surface area contributed by atoms with Gasteiger partial charge in [0, 0.05) is 18.8 Å². The lowest BCUT2D eigenvalue weighted by Gasteiger charge is -2.16. The Bertz CT molecular complexity index is 516. The van der Waals surface area contributed by atoms with Crippen LogP contribution in [0, 0.1) is 0 Å². The molecule has 0 spiro atoms. The molecule has 102 valence electrons. The number of alkyl halides is 3. The van der Waals surface area contributed by atoms with Gasteiger partial charge in [0.2, 0.25) is 0 Å². The summed E-state index contributed by atoms with van der Waals surface area (Å²) in [6.45, 7) is 0.187. The van der Waals surface area contributed by atoms with E-state index >= 15 is 0 Å². The lowest BCUT2D eigenvalue weighted by molar-refractivity contribution is -0.159. The summed E-state index contributed by atoms with van der Waals surface area (Å²) in [5.41, 5.74) is -1.85. The van der Waals surface area contributed by atoms with Gasteiger partial charge in [-0.3, -0.25) is 9.78 Å². The minimum absolute atomic E-state index is 0.187. The van der Waals surface area contributed by atoms with Gasteiger partial charge in [0.25, 0.3) is 5.91 Å². The Hall–Kier alpha value is -2.12. The average molecular weight is 274 g/mol. The van der Waals surface area contributed by atoms with Crippen LogP contribution in [0.1, 0.15) is 28.8 Å². The van der Waals surface area contributed by atoms with Crippen molar-refractivity contribution in [2.24, 2.45) is 0 Å². The van der Waals surface area contributed by atoms with Crippen LogP contribution in [0.5, 0.6) is 0 Å². The van der Waals surface area contributed by atoms with Crippen LogP contribution in [0.15, 0.2) is 18.5 Å². The first-order valence-corrected chi connectivity index (χ1v) is 5.43. The quantitative estimate of drug-likeness (QED) is 0.825. The third kappa shape index (κ3) is 2.83. The molecule has 8 heteroatoms. The SMILES string of the molecule is O=C(ON1CCCC1=O)c1cnccc1C(F)(F)F. The van der Waals surface area contributed by atoms with Crippen molar-refractivity contribution in [3.63, 3.8) is 0 Å². The second-order valence-corrected chi connectivity index (χ2v) is 3.90. The molecule has 0 N–H and O–H groups in total. The predicted octanol–water partition coefficient (Wildman–Crippen LogP) is 1.79. The van der Waals surface area contributed by atoms with Gasteiger partial charge in [-0.25, -0.2) is 4.79 Å². The number of carbonyl (C=O) groups excluding carboxylic acids is 2. The fraction of sp³-hybridized carbons (Fsp3) is 0.364. The van der Waals surface area contributed by atoms with Crippen LogP contribution in [-0.4, -0.2) is 28.5 Å². The average Bonchev–Trinajstić information content (AvgIpc) is 2.74. The van der Waals surface area contributed by atoms with Gasteiger partial charge in [0.05, 0.1) is 17.7 Å². The lowest BCUT2D eigenvalue weighted by Crippen LogP contribution is -2.29. The molecular formula is C11H9F3N2O3. The lowest BCUT2D eigenvalue weighted by atomic mass is 10.1. The van der Waals surface area contributed by atoms with Gasteiger partial charge < -0.3 is 4.84 Å². The zero-order valence-corrected chi connectivity index (χ0v) is 9.61. The molecule has 0 aliphatic carbocycles. The fourth-order valence-corrected chi connectivity index (χ4v) is 1.67. The number of hydrogen-bond donors (Lipinski definition) is 0. The second kappa shape index (κ2) is 4.87. The molecule has 0 aromatic carbocycles. The maximum absolute atomic E-state index is 12.7. The molecule has 0 radical (unpaired) electrons. The Morgan fingerprint density at radius 2 is 2.16 bits per heavy atom. The van der Waals surface area contributed by atoms with E-state index in [0.717, 1.165) is 17.5 Å². The third-order valence-corrected chi connectivity index (χ3v) is 2.57. The topological polar surface area (TPSA) is 59.5 Å². The number of hydroxylamine groups is 2. The van der Waals surface area contributed by atoms with Crippen LogP contribution in [0.25, 0.3) is 0 Å². The van der Waals surface area contributed by atoms with Crippen LogP contribution in [-0.2, 0) is 15.8 Å². The van der Waals surface area contributed by atoms with Gasteiger partial charge in [-0.05, 0) is 12.5 Å². The van der Waals surface area contributed by atoms with E-state index in [-0.39, 0.29) is 13.0 Å². The van der Waals surface area contributed by atoms with E-state index in [0.29, 0.717) is 12.5 Å². The number of aromatic nitrogens is 1. The molecule has 0 bridgehead atoms. The smallest absolute Gasteiger partial charge is 0.333 e. The second-order valence-electron chi connectivity index (χ2n) is 3.90. The summed E-state index contributed by atoms with van der Waals surface area (Å²) >= 11 is 0. The summed E-state index contributed by atoms with van der Waals surface area (Å²) in [7, 11) is 0. The van der Waals surface area contributed by atoms with Gasteiger partial charge in [-0.2, -0.15) is 18.2 Å². The van der Waals surface area contributed by atoms with Crippen molar-refractivity contribution < 1.29 is 27.6 Å². The Morgan fingerprint density at radius 1 is 1.42 bits per heavy atom. The zero-order valence-electron chi connectivity index (χ0n) is 9.61. The number of amides is 1. The van der Waals surface area contributed by atoms with Crippen LogP contribution in [0.2, 0.25) is 0 Å². The normalized spacial score (nSPS) is 15.7. The molecule has 0 unspecified atom stereocenters. The van der Waals surface area contributed by atoms with Gasteiger partial charge in [0.1, 0.15) is 0 Å². The van der Waals surface area contributed by atoms with Gasteiger partial charge >= 0.3 is 12.1 Å². The monoisotopic (exact) mass is 274 g/mol. The summed E-state index contributed by atoms with van der Waals surface area (Å²) in [5, 5.41) is 0.773. The van der Waals surface area contributed by atoms with E-state index in [4.69, 9.17) is 0 Å². The highest BCUT2D eigenvalue weighted by molar-refractivity contribution is 5.92. The van der Waals surface area contributed by atoms with Crippen molar-refractivity contribution in [1.29, 1.82) is 0 Å². The molecule has 1 aliphatic heterocycles. The standard InChI is InChI=1S/C11H9F3N2O3/c12-11(13,14)8-3-4-15-6-7(8)10(18)19-16-5-1-2-9(16)17/h3-4,6H,1-2,5H2. The van der Waals surface area contributed by atoms with Crippen molar-refractivity contribution in [2.45, 2.75) is 19.0 Å². The van der Waals surface area contributed by atoms with Crippen molar-refractivity contribution in [3.8, 4) is 0 Å². The summed E-state index contributed by atoms with van der Waals surface area (Å²) in [6, 6.07) is 0.683. The molecule has 1 fully saturated rings. The Kier molecular flexibility index (Phi) is 3.41. The Balaban J connectivity index is 2.22. The molecule has 1 aliphatic rings. The minimum atomic E-state index is -4.69. The number of halogens is 3. The number of rotatable bonds is 2. The molecule has 19 heavy (non-hydrogen) atoms. The molecule has 1 amide bonds. The Labute approximate surface area is 105 Å². The van der Waals surface area contributed by atoms with Gasteiger partial charge in [-0.15, -0.1) is 0 Å². The highest BCUT2D eigenvalue weighted by atomic mass is 19.4. The summed E-state index contributed by atoms with van der Waals surface area (Å²) < 4.78 is 38.0. The zero-order chi connectivity index (χ0) is 14.0. The van der Waals surface area contributed by atoms with Crippen LogP contribution in [0.4, 0.5) is 13.2 Å². The first-order valence-electron chi connectivity index (χ1n) is 5.43. The van der Waals surface area contributed by atoms with E-state index in [1.165, 1.54) is 0 Å². The molecule has 2 rings (SSSR count). The number of pyridine rings is 1. The molecule has 2 heterocycles. The minimum Gasteiger partial charge on any atom is -0.333 e. The van der Waals surface area contributed by atoms with Crippen molar-refractivity contribution in [3.05, 3.63) is 29.6 Å². The highest BCUT2D eigenvalue weighted by Crippen LogP contribution is 2.31. The van der Waals surface area contributed by atoms with E-state index in [2.05, 4.69) is 9.82 Å². The largest absolute Gasteiger partial charge is 0.417 e. The summed E-state index contributed by atoms with van der Waals surface area (Å²) in [4.78, 5) is 31.0. The van der Waals surface area contributed by atoms with E-state index in [1.54, 1.807) is 0 Å². The molecule has 5 nitrogen and oxygen atoms in total. The van der Waals surface area contributed by atoms with E-state index in [9.17, 15) is 22.8 Å². The van der Waals surface area contributed by atoms with Crippen molar-refractivity contribution >= 4 is 11.9 Å². The number of carbonyl (C=O) groups is 2. The molecule has 1 aromatic heterocycles. The van der Waals surface area contributed by atoms with Crippen LogP contribution < -0.4 is 0 Å². The number of hydrogen-bond acceptors (Lipinski definition) is 4. The maximum Gasteiger partial charge on any atom is 0.417 e.